The average Bonchev–Trinajstić information content (AvgIpc) is 2.29. The van der Waals surface area contributed by atoms with Gasteiger partial charge in [0.25, 0.3) is 0 Å². The highest BCUT2D eigenvalue weighted by molar-refractivity contribution is 5.90. The van der Waals surface area contributed by atoms with E-state index in [2.05, 4.69) is 17.6 Å². The molecule has 0 aliphatic heterocycles. The van der Waals surface area contributed by atoms with Crippen LogP contribution in [0.25, 0.3) is 0 Å². The smallest absolute Gasteiger partial charge is 0.319 e. The molecule has 2 amide bonds. The number of benzene rings is 1. The summed E-state index contributed by atoms with van der Waals surface area (Å²) in [5.74, 6) is 0. The number of carbonyl (C=O) groups is 1. The Bertz CT molecular complexity index is 366. The minimum atomic E-state index is -0.199. The van der Waals surface area contributed by atoms with Gasteiger partial charge in [0.15, 0.2) is 0 Å². The predicted molar refractivity (Wildman–Crippen MR) is 69.3 cm³/mol. The molecule has 0 spiro atoms. The van der Waals surface area contributed by atoms with Crippen LogP contribution in [0.3, 0.4) is 0 Å². The summed E-state index contributed by atoms with van der Waals surface area (Å²) < 4.78 is 4.96. The van der Waals surface area contributed by atoms with Crippen molar-refractivity contribution in [1.82, 2.24) is 5.32 Å². The van der Waals surface area contributed by atoms with Crippen LogP contribution in [-0.4, -0.2) is 25.8 Å². The van der Waals surface area contributed by atoms with E-state index in [4.69, 9.17) is 4.74 Å². The van der Waals surface area contributed by atoms with E-state index < -0.39 is 0 Å². The van der Waals surface area contributed by atoms with Crippen LogP contribution in [0, 0.1) is 0 Å². The van der Waals surface area contributed by atoms with Crippen molar-refractivity contribution in [2.24, 2.45) is 0 Å². The fourth-order valence-electron chi connectivity index (χ4n) is 1.62. The van der Waals surface area contributed by atoms with Crippen molar-refractivity contribution in [1.29, 1.82) is 0 Å². The largest absolute Gasteiger partial charge is 0.383 e. The van der Waals surface area contributed by atoms with Crippen molar-refractivity contribution in [3.8, 4) is 0 Å². The third-order valence-corrected chi connectivity index (χ3v) is 2.44. The molecule has 1 aromatic carbocycles. The van der Waals surface area contributed by atoms with Gasteiger partial charge in [-0.1, -0.05) is 25.1 Å². The zero-order valence-corrected chi connectivity index (χ0v) is 10.6. The summed E-state index contributed by atoms with van der Waals surface area (Å²) in [7, 11) is 1.61. The summed E-state index contributed by atoms with van der Waals surface area (Å²) in [4.78, 5) is 11.7. The summed E-state index contributed by atoms with van der Waals surface area (Å²) in [5, 5.41) is 5.65. The standard InChI is InChI=1S/C13H20N2O2/c1-4-11-7-5-6-8-12(11)15-13(16)14-10(2)9-17-3/h5-8,10H,4,9H2,1-3H3,(H2,14,15,16). The molecule has 1 atom stereocenters. The maximum absolute atomic E-state index is 11.7. The minimum Gasteiger partial charge on any atom is -0.383 e. The lowest BCUT2D eigenvalue weighted by Gasteiger charge is -2.15. The average molecular weight is 236 g/mol. The summed E-state index contributed by atoms with van der Waals surface area (Å²) >= 11 is 0. The van der Waals surface area contributed by atoms with Crippen LogP contribution in [-0.2, 0) is 11.2 Å². The number of amides is 2. The third kappa shape index (κ3) is 4.44. The van der Waals surface area contributed by atoms with E-state index in [1.54, 1.807) is 7.11 Å². The van der Waals surface area contributed by atoms with Gasteiger partial charge in [0, 0.05) is 12.8 Å². The molecule has 0 aliphatic carbocycles. The number of aryl methyl sites for hydroxylation is 1. The van der Waals surface area contributed by atoms with Crippen molar-refractivity contribution >= 4 is 11.7 Å². The number of nitrogens with one attached hydrogen (secondary N) is 2. The minimum absolute atomic E-state index is 0.00575. The molecule has 2 N–H and O–H groups in total. The molecule has 0 aliphatic rings. The van der Waals surface area contributed by atoms with Crippen molar-refractivity contribution in [3.63, 3.8) is 0 Å². The van der Waals surface area contributed by atoms with Gasteiger partial charge < -0.3 is 15.4 Å². The monoisotopic (exact) mass is 236 g/mol. The summed E-state index contributed by atoms with van der Waals surface area (Å²) in [6, 6.07) is 7.58. The van der Waals surface area contributed by atoms with Gasteiger partial charge in [-0.2, -0.15) is 0 Å². The first-order valence-electron chi connectivity index (χ1n) is 5.81. The van der Waals surface area contributed by atoms with Gasteiger partial charge in [-0.25, -0.2) is 4.79 Å². The SMILES string of the molecule is CCc1ccccc1NC(=O)NC(C)COC. The molecule has 0 saturated carbocycles. The zero-order valence-electron chi connectivity index (χ0n) is 10.6. The summed E-state index contributed by atoms with van der Waals surface area (Å²) in [5.41, 5.74) is 1.99. The molecule has 0 saturated heterocycles. The molecule has 0 bridgehead atoms. The maximum atomic E-state index is 11.7. The third-order valence-electron chi connectivity index (χ3n) is 2.44. The van der Waals surface area contributed by atoms with Crippen LogP contribution in [0.15, 0.2) is 24.3 Å². The number of hydrogen-bond donors (Lipinski definition) is 2. The number of rotatable bonds is 5. The Morgan fingerprint density at radius 1 is 1.41 bits per heavy atom. The van der Waals surface area contributed by atoms with Crippen LogP contribution in [0.4, 0.5) is 10.5 Å². The second kappa shape index (κ2) is 6.91. The summed E-state index contributed by atoms with van der Waals surface area (Å²) in [6.07, 6.45) is 0.893. The molecule has 1 aromatic rings. The van der Waals surface area contributed by atoms with Gasteiger partial charge in [0.1, 0.15) is 0 Å². The highest BCUT2D eigenvalue weighted by atomic mass is 16.5. The van der Waals surface area contributed by atoms with E-state index in [9.17, 15) is 4.79 Å². The van der Waals surface area contributed by atoms with Crippen molar-refractivity contribution < 1.29 is 9.53 Å². The van der Waals surface area contributed by atoms with Crippen molar-refractivity contribution in [2.45, 2.75) is 26.3 Å². The Balaban J connectivity index is 2.55. The van der Waals surface area contributed by atoms with Gasteiger partial charge in [0.2, 0.25) is 0 Å². The normalized spacial score (nSPS) is 11.9. The van der Waals surface area contributed by atoms with E-state index in [-0.39, 0.29) is 12.1 Å². The zero-order chi connectivity index (χ0) is 12.7. The number of para-hydroxylation sites is 1. The molecular formula is C13H20N2O2. The lowest BCUT2D eigenvalue weighted by atomic mass is 10.1. The molecule has 0 radical (unpaired) electrons. The van der Waals surface area contributed by atoms with Gasteiger partial charge in [-0.15, -0.1) is 0 Å². The van der Waals surface area contributed by atoms with E-state index in [1.807, 2.05) is 31.2 Å². The molecule has 1 rings (SSSR count). The molecule has 94 valence electrons. The number of anilines is 1. The Kier molecular flexibility index (Phi) is 5.49. The summed E-state index contributed by atoms with van der Waals surface area (Å²) in [6.45, 7) is 4.46. The molecule has 4 nitrogen and oxygen atoms in total. The first kappa shape index (κ1) is 13.5. The second-order valence-corrected chi connectivity index (χ2v) is 3.97. The van der Waals surface area contributed by atoms with Gasteiger partial charge in [-0.05, 0) is 25.0 Å². The molecule has 0 fully saturated rings. The highest BCUT2D eigenvalue weighted by Gasteiger charge is 2.08. The van der Waals surface area contributed by atoms with E-state index >= 15 is 0 Å². The van der Waals surface area contributed by atoms with Crippen LogP contribution in [0.2, 0.25) is 0 Å². The number of urea groups is 1. The first-order valence-corrected chi connectivity index (χ1v) is 5.81. The highest BCUT2D eigenvalue weighted by Crippen LogP contribution is 2.14. The maximum Gasteiger partial charge on any atom is 0.319 e. The Labute approximate surface area is 102 Å². The molecule has 4 heteroatoms. The fourth-order valence-corrected chi connectivity index (χ4v) is 1.62. The quantitative estimate of drug-likeness (QED) is 0.824. The van der Waals surface area contributed by atoms with Crippen LogP contribution in [0.1, 0.15) is 19.4 Å². The van der Waals surface area contributed by atoms with Crippen LogP contribution in [0.5, 0.6) is 0 Å². The predicted octanol–water partition coefficient (Wildman–Crippen LogP) is 2.41. The lowest BCUT2D eigenvalue weighted by Crippen LogP contribution is -2.38. The molecule has 0 heterocycles. The Morgan fingerprint density at radius 2 is 2.12 bits per heavy atom. The number of hydrogen-bond acceptors (Lipinski definition) is 2. The number of methoxy groups -OCH3 is 1. The van der Waals surface area contributed by atoms with Crippen LogP contribution < -0.4 is 10.6 Å². The Morgan fingerprint density at radius 3 is 2.76 bits per heavy atom. The number of carbonyl (C=O) groups excluding carboxylic acids is 1. The molecular weight excluding hydrogens is 216 g/mol. The van der Waals surface area contributed by atoms with Crippen molar-refractivity contribution in [2.75, 3.05) is 19.0 Å². The van der Waals surface area contributed by atoms with Crippen LogP contribution >= 0.6 is 0 Å². The van der Waals surface area contributed by atoms with Crippen molar-refractivity contribution in [3.05, 3.63) is 29.8 Å². The van der Waals surface area contributed by atoms with E-state index in [0.29, 0.717) is 6.61 Å². The number of ether oxygens (including phenoxy) is 1. The first-order chi connectivity index (χ1) is 8.17. The molecule has 17 heavy (non-hydrogen) atoms. The molecule has 1 unspecified atom stereocenters. The van der Waals surface area contributed by atoms with Gasteiger partial charge in [0.05, 0.1) is 12.6 Å². The van der Waals surface area contributed by atoms with E-state index in [1.165, 1.54) is 0 Å². The van der Waals surface area contributed by atoms with Gasteiger partial charge in [-0.3, -0.25) is 0 Å². The Hall–Kier alpha value is -1.55. The fraction of sp³-hybridized carbons (Fsp3) is 0.462. The lowest BCUT2D eigenvalue weighted by molar-refractivity contribution is 0.173. The second-order valence-electron chi connectivity index (χ2n) is 3.97. The molecule has 0 aromatic heterocycles. The van der Waals surface area contributed by atoms with Gasteiger partial charge >= 0.3 is 6.03 Å². The van der Waals surface area contributed by atoms with E-state index in [0.717, 1.165) is 17.7 Å². The topological polar surface area (TPSA) is 50.4 Å².